The van der Waals surface area contributed by atoms with Gasteiger partial charge in [-0.25, -0.2) is 67.3 Å². The quantitative estimate of drug-likeness (QED) is 0.0588. The van der Waals surface area contributed by atoms with Crippen LogP contribution in [0.1, 0.15) is 5.56 Å². The van der Waals surface area contributed by atoms with Crippen molar-refractivity contribution >= 4 is 121 Å². The van der Waals surface area contributed by atoms with Crippen LogP contribution >= 0.6 is 7.92 Å². The van der Waals surface area contributed by atoms with Crippen LogP contribution in [0.5, 0.6) is 0 Å². The number of hydrogen-bond acceptors (Lipinski definition) is 24. The molecule has 0 spiro atoms. The van der Waals surface area contributed by atoms with Crippen molar-refractivity contribution in [2.75, 3.05) is 0 Å². The molecule has 354 valence electrons. The van der Waals surface area contributed by atoms with Crippen LogP contribution < -0.4 is 247 Å². The molecule has 41 heteroatoms. The number of hydrogen-bond donors (Lipinski definition) is 0. The van der Waals surface area contributed by atoms with Gasteiger partial charge in [0, 0.05) is 28.1 Å². The van der Waals surface area contributed by atoms with Crippen molar-refractivity contribution in [3.8, 4) is 11.1 Å². The molecule has 6 rings (SSSR count). The Labute approximate surface area is 602 Å². The molecule has 24 nitrogen and oxygen atoms in total. The van der Waals surface area contributed by atoms with Gasteiger partial charge in [0.1, 0.15) is 80.9 Å². The molecule has 0 aliphatic heterocycles. The van der Waals surface area contributed by atoms with Crippen molar-refractivity contribution in [1.82, 2.24) is 0 Å². The summed E-state index contributed by atoms with van der Waals surface area (Å²) in [5, 5.41) is -6.96. The SMILES string of the molecule is O=S(=O)([O-])c1c(CP(c2ccccc2)c2ccccc2)cc2ccccc2c1-c1c(S(=O)(=O)[O-])c(S(=O)(=O)[O-])c(S(=O)(=O)[O-])c2c(S(=O)(=O)[O-])c(S(=O)(=O)[O-])c(S(=O)(=O)[O-])c(S(=O)(=O)[O-])c12.[Na+].[Na+].[Na+].[Na+].[Na+].[Na+].[Na+].[Na+]. The van der Waals surface area contributed by atoms with E-state index in [4.69, 9.17) is 0 Å². The molecule has 6 aromatic carbocycles. The first-order chi connectivity index (χ1) is 29.9. The molecule has 6 aromatic rings. The van der Waals surface area contributed by atoms with E-state index in [0.717, 1.165) is 24.3 Å². The maximum Gasteiger partial charge on any atom is 1.00 e. The van der Waals surface area contributed by atoms with Crippen molar-refractivity contribution in [1.29, 1.82) is 0 Å². The van der Waals surface area contributed by atoms with Crippen LogP contribution in [0.4, 0.5) is 0 Å². The average molecular weight is 1270 g/mol. The van der Waals surface area contributed by atoms with Gasteiger partial charge in [-0.15, -0.1) is 0 Å². The minimum Gasteiger partial charge on any atom is -0.744 e. The summed E-state index contributed by atoms with van der Waals surface area (Å²) < 4.78 is 317. The van der Waals surface area contributed by atoms with E-state index in [2.05, 4.69) is 0 Å². The normalized spacial score (nSPS) is 12.2. The van der Waals surface area contributed by atoms with Crippen LogP contribution in [-0.4, -0.2) is 104 Å². The first kappa shape index (κ1) is 81.8. The molecule has 0 fully saturated rings. The Kier molecular flexibility index (Phi) is 32.7. The summed E-state index contributed by atoms with van der Waals surface area (Å²) in [5.41, 5.74) is -5.50. The van der Waals surface area contributed by atoms with E-state index in [1.165, 1.54) is 60.7 Å². The first-order valence-electron chi connectivity index (χ1n) is 16.7. The van der Waals surface area contributed by atoms with Crippen LogP contribution in [-0.2, 0) is 87.1 Å². The Morgan fingerprint density at radius 3 is 0.919 bits per heavy atom. The Hall–Kier alpha value is 3.55. The van der Waals surface area contributed by atoms with Crippen molar-refractivity contribution in [3.05, 3.63) is 96.6 Å². The summed E-state index contributed by atoms with van der Waals surface area (Å²) in [6.45, 7) is 0. The van der Waals surface area contributed by atoms with Gasteiger partial charge in [0.25, 0.3) is 0 Å². The molecule has 0 aliphatic rings. The van der Waals surface area contributed by atoms with Crippen molar-refractivity contribution in [3.63, 3.8) is 0 Å². The Morgan fingerprint density at radius 1 is 0.311 bits per heavy atom. The fraction of sp³-hybridized carbons (Fsp3) is 0.0303. The molecule has 0 bridgehead atoms. The van der Waals surface area contributed by atoms with Gasteiger partial charge in [0.05, 0.1) is 39.2 Å². The van der Waals surface area contributed by atoms with Crippen molar-refractivity contribution in [2.24, 2.45) is 0 Å². The summed E-state index contributed by atoms with van der Waals surface area (Å²) in [6, 6.07) is 19.4. The molecule has 0 heterocycles. The molecule has 0 saturated carbocycles. The average Bonchev–Trinajstić information content (AvgIpc) is 3.15. The number of fused-ring (bicyclic) bond motifs is 2. The topological polar surface area (TPSA) is 458 Å². The molecule has 0 amide bonds. The van der Waals surface area contributed by atoms with Crippen molar-refractivity contribution in [2.45, 2.75) is 45.3 Å². The molecule has 0 N–H and O–H groups in total. The molecule has 0 radical (unpaired) electrons. The molecule has 0 saturated heterocycles. The first-order valence-corrected chi connectivity index (χ1v) is 29.5. The molecule has 0 aliphatic carbocycles. The summed E-state index contributed by atoms with van der Waals surface area (Å²) >= 11 is 0. The zero-order valence-corrected chi connectivity index (χ0v) is 62.8. The predicted octanol–water partition coefficient (Wildman–Crippen LogP) is -24.4. The fourth-order valence-corrected chi connectivity index (χ4v) is 19.0. The monoisotopic (exact) mass is 1270 g/mol. The van der Waals surface area contributed by atoms with Gasteiger partial charge in [-0.1, -0.05) is 84.9 Å². The molecule has 0 aromatic heterocycles. The standard InChI is InChI=1S/C33H25O24PS8.8Na/c34-59(35,36)26-18(16-58(19-10-3-1-4-11-19)20-12-5-2-6-13-20)15-17-9-7-8-14-21(17)22(26)23-24-25(29(62(43,44)45)31(64(49,50)51)27(23)60(37,38)39)30(63(46,47)48)33(66(55,56)57)32(65(52,53)54)28(24)61(40,41)42;;;;;;;;/h1-15H,16H2,(H,34,35,36)(H,37,38,39)(H,40,41,42)(H,43,44,45)(H,46,47,48)(H,49,50,51)(H,52,53,54)(H,55,56,57);;;;;;;;/q;8*+1/p-8. The smallest absolute Gasteiger partial charge is 0.744 e. The predicted molar refractivity (Wildman–Crippen MR) is 213 cm³/mol. The van der Waals surface area contributed by atoms with Gasteiger partial charge < -0.3 is 36.4 Å². The molecule has 74 heavy (non-hydrogen) atoms. The van der Waals surface area contributed by atoms with Gasteiger partial charge >= 0.3 is 236 Å². The van der Waals surface area contributed by atoms with Crippen LogP contribution in [0.15, 0.2) is 130 Å². The maximum absolute atomic E-state index is 13.8. The van der Waals surface area contributed by atoms with Gasteiger partial charge in [-0.2, -0.15) is 0 Å². The fourth-order valence-electron chi connectivity index (χ4n) is 7.19. The van der Waals surface area contributed by atoms with Gasteiger partial charge in [0.2, 0.25) is 0 Å². The van der Waals surface area contributed by atoms with Crippen molar-refractivity contribution < 1.29 is 340 Å². The van der Waals surface area contributed by atoms with Crippen LogP contribution in [0.25, 0.3) is 32.7 Å². The van der Waals surface area contributed by atoms with E-state index in [-0.39, 0.29) is 236 Å². The number of rotatable bonds is 13. The molecular weight excluding hydrogens is 1250 g/mol. The number of benzene rings is 6. The van der Waals surface area contributed by atoms with Gasteiger partial charge in [-0.3, -0.25) is 0 Å². The van der Waals surface area contributed by atoms with E-state index in [0.29, 0.717) is 16.7 Å². The maximum atomic E-state index is 13.8. The minimum absolute atomic E-state index is 0. The largest absolute Gasteiger partial charge is 1.00 e. The molecular formula is C33H17Na8O24PS8. The Balaban J connectivity index is -0.00000630. The summed E-state index contributed by atoms with van der Waals surface area (Å²) in [5.74, 6) is 0. The molecule has 0 unspecified atom stereocenters. The minimum atomic E-state index is -7.48. The van der Waals surface area contributed by atoms with E-state index in [1.807, 2.05) is 0 Å². The van der Waals surface area contributed by atoms with E-state index in [1.54, 1.807) is 0 Å². The van der Waals surface area contributed by atoms with Crippen LogP contribution in [0.3, 0.4) is 0 Å². The second kappa shape index (κ2) is 29.6. The van der Waals surface area contributed by atoms with E-state index >= 15 is 0 Å². The third-order valence-corrected chi connectivity index (χ3v) is 19.7. The zero-order chi connectivity index (χ0) is 49.7. The Bertz CT molecular complexity index is 3990. The van der Waals surface area contributed by atoms with E-state index in [9.17, 15) is 104 Å². The van der Waals surface area contributed by atoms with Gasteiger partial charge in [-0.05, 0) is 40.9 Å². The van der Waals surface area contributed by atoms with Crippen LogP contribution in [0, 0.1) is 0 Å². The zero-order valence-electron chi connectivity index (χ0n) is 39.4. The van der Waals surface area contributed by atoms with E-state index < -0.39 is 172 Å². The molecule has 0 atom stereocenters. The second-order valence-corrected chi connectivity index (χ2v) is 26.0. The third-order valence-electron chi connectivity index (χ3n) is 9.23. The van der Waals surface area contributed by atoms with Gasteiger partial charge in [0.15, 0.2) is 0 Å². The third kappa shape index (κ3) is 17.6. The van der Waals surface area contributed by atoms with Crippen LogP contribution in [0.2, 0.25) is 0 Å². The summed E-state index contributed by atoms with van der Waals surface area (Å²) in [7, 11) is -60.7. The summed E-state index contributed by atoms with van der Waals surface area (Å²) in [6.07, 6.45) is -0.763. The summed E-state index contributed by atoms with van der Waals surface area (Å²) in [4.78, 5) is -25.7. The second-order valence-electron chi connectivity index (χ2n) is 13.3. The Morgan fingerprint density at radius 2 is 0.595 bits per heavy atom.